The number of nitrogens with one attached hydrogen (secondary N) is 1. The molecule has 1 N–H and O–H groups in total. The summed E-state index contributed by atoms with van der Waals surface area (Å²) in [6.07, 6.45) is 1.08. The van der Waals surface area contributed by atoms with Gasteiger partial charge in [-0.15, -0.1) is 11.8 Å². The minimum absolute atomic E-state index is 0.0636. The number of carbonyl (C=O) groups excluding carboxylic acids is 1. The summed E-state index contributed by atoms with van der Waals surface area (Å²) in [6.45, 7) is 3.46. The summed E-state index contributed by atoms with van der Waals surface area (Å²) < 4.78 is 38.5. The van der Waals surface area contributed by atoms with Crippen molar-refractivity contribution >= 4 is 33.4 Å². The van der Waals surface area contributed by atoms with Gasteiger partial charge in [0.05, 0.1) is 19.8 Å². The Balaban J connectivity index is 1.63. The van der Waals surface area contributed by atoms with Gasteiger partial charge in [0, 0.05) is 30.1 Å². The molecule has 7 nitrogen and oxygen atoms in total. The first-order valence-electron chi connectivity index (χ1n) is 10.3. The fourth-order valence-electron chi connectivity index (χ4n) is 3.15. The van der Waals surface area contributed by atoms with Crippen molar-refractivity contribution in [2.75, 3.05) is 44.0 Å². The number of hydrogen-bond acceptors (Lipinski definition) is 6. The second-order valence-corrected chi connectivity index (χ2v) is 10.00. The zero-order valence-corrected chi connectivity index (χ0v) is 19.2. The van der Waals surface area contributed by atoms with Crippen LogP contribution in [0.4, 0.5) is 5.69 Å². The van der Waals surface area contributed by atoms with Gasteiger partial charge in [-0.25, -0.2) is 8.42 Å². The van der Waals surface area contributed by atoms with Crippen LogP contribution >= 0.6 is 11.8 Å². The van der Waals surface area contributed by atoms with Crippen LogP contribution in [0.25, 0.3) is 0 Å². The van der Waals surface area contributed by atoms with E-state index in [0.717, 1.165) is 12.2 Å². The van der Waals surface area contributed by atoms with E-state index in [1.54, 1.807) is 30.8 Å². The first kappa shape index (κ1) is 23.6. The van der Waals surface area contributed by atoms with E-state index in [1.165, 1.54) is 15.3 Å². The van der Waals surface area contributed by atoms with Crippen molar-refractivity contribution in [3.05, 3.63) is 48.5 Å². The minimum Gasteiger partial charge on any atom is -0.492 e. The fourth-order valence-corrected chi connectivity index (χ4v) is 5.59. The quantitative estimate of drug-likeness (QED) is 0.427. The van der Waals surface area contributed by atoms with Crippen LogP contribution in [0.3, 0.4) is 0 Å². The summed E-state index contributed by atoms with van der Waals surface area (Å²) in [7, 11) is -3.75. The van der Waals surface area contributed by atoms with Crippen molar-refractivity contribution in [2.45, 2.75) is 29.6 Å². The monoisotopic (exact) mass is 464 g/mol. The molecule has 0 spiro atoms. The Bertz CT molecular complexity index is 961. The molecule has 1 aliphatic rings. The number of anilines is 1. The van der Waals surface area contributed by atoms with Crippen LogP contribution in [0.15, 0.2) is 58.3 Å². The maximum Gasteiger partial charge on any atom is 0.246 e. The molecule has 1 heterocycles. The van der Waals surface area contributed by atoms with E-state index < -0.39 is 10.0 Å². The Morgan fingerprint density at radius 1 is 1.16 bits per heavy atom. The molecule has 0 aromatic heterocycles. The molecule has 1 amide bonds. The highest BCUT2D eigenvalue weighted by Crippen LogP contribution is 2.30. The molecule has 1 aliphatic heterocycles. The molecule has 31 heavy (non-hydrogen) atoms. The highest BCUT2D eigenvalue weighted by atomic mass is 32.2. The molecule has 2 aromatic rings. The topological polar surface area (TPSA) is 84.9 Å². The van der Waals surface area contributed by atoms with Crippen LogP contribution in [0, 0.1) is 0 Å². The maximum absolute atomic E-state index is 13.1. The fraction of sp³-hybridized carbons (Fsp3) is 0.409. The summed E-state index contributed by atoms with van der Waals surface area (Å²) in [5.41, 5.74) is 0.441. The minimum atomic E-state index is -3.75. The van der Waals surface area contributed by atoms with Gasteiger partial charge >= 0.3 is 0 Å². The van der Waals surface area contributed by atoms with E-state index in [9.17, 15) is 13.2 Å². The van der Waals surface area contributed by atoms with Crippen molar-refractivity contribution in [1.82, 2.24) is 4.31 Å². The van der Waals surface area contributed by atoms with Crippen LogP contribution in [-0.2, 0) is 19.6 Å². The summed E-state index contributed by atoms with van der Waals surface area (Å²) in [6, 6.07) is 14.8. The van der Waals surface area contributed by atoms with Gasteiger partial charge in [-0.05, 0) is 49.4 Å². The lowest BCUT2D eigenvalue weighted by Crippen LogP contribution is -2.40. The van der Waals surface area contributed by atoms with E-state index in [-0.39, 0.29) is 16.6 Å². The van der Waals surface area contributed by atoms with Gasteiger partial charge in [-0.3, -0.25) is 4.79 Å². The predicted molar refractivity (Wildman–Crippen MR) is 122 cm³/mol. The highest BCUT2D eigenvalue weighted by Gasteiger charge is 2.29. The Morgan fingerprint density at radius 2 is 1.90 bits per heavy atom. The molecule has 0 bridgehead atoms. The van der Waals surface area contributed by atoms with E-state index in [2.05, 4.69) is 5.32 Å². The second kappa shape index (κ2) is 11.5. The largest absolute Gasteiger partial charge is 0.492 e. The number of ether oxygens (including phenoxy) is 2. The zero-order chi connectivity index (χ0) is 22.1. The zero-order valence-electron chi connectivity index (χ0n) is 17.6. The normalized spacial score (nSPS) is 14.9. The van der Waals surface area contributed by atoms with E-state index in [1.807, 2.05) is 30.3 Å². The van der Waals surface area contributed by atoms with Crippen LogP contribution in [0.5, 0.6) is 5.75 Å². The molecule has 0 aliphatic carbocycles. The molecule has 2 aromatic carbocycles. The number of sulfonamides is 1. The molecule has 0 radical (unpaired) electrons. The molecule has 0 unspecified atom stereocenters. The SMILES string of the molecule is CCOc1ccc(NC(=O)CCCSc2ccccc2)cc1S(=O)(=O)N1CCOCC1. The number of benzene rings is 2. The van der Waals surface area contributed by atoms with Crippen LogP contribution in [0.2, 0.25) is 0 Å². The Labute approximate surface area is 188 Å². The van der Waals surface area contributed by atoms with Crippen molar-refractivity contribution in [3.8, 4) is 5.75 Å². The molecule has 9 heteroatoms. The van der Waals surface area contributed by atoms with E-state index in [0.29, 0.717) is 45.0 Å². The Kier molecular flexibility index (Phi) is 8.77. The number of carbonyl (C=O) groups is 1. The standard InChI is InChI=1S/C22H28N2O5S2/c1-2-29-20-11-10-18(17-21(20)31(26,27)24-12-14-28-15-13-24)23-22(25)9-6-16-30-19-7-4-3-5-8-19/h3-5,7-8,10-11,17H,2,6,9,12-16H2,1H3,(H,23,25). The highest BCUT2D eigenvalue weighted by molar-refractivity contribution is 7.99. The Hall–Kier alpha value is -2.07. The second-order valence-electron chi connectivity index (χ2n) is 6.92. The van der Waals surface area contributed by atoms with Crippen LogP contribution in [-0.4, -0.2) is 57.3 Å². The third-order valence-corrected chi connectivity index (χ3v) is 7.69. The maximum atomic E-state index is 13.1. The molecule has 1 saturated heterocycles. The number of thioether (sulfide) groups is 1. The van der Waals surface area contributed by atoms with E-state index in [4.69, 9.17) is 9.47 Å². The third kappa shape index (κ3) is 6.70. The van der Waals surface area contributed by atoms with E-state index >= 15 is 0 Å². The average molecular weight is 465 g/mol. The first-order chi connectivity index (χ1) is 15.0. The average Bonchev–Trinajstić information content (AvgIpc) is 2.79. The number of rotatable bonds is 10. The van der Waals surface area contributed by atoms with Crippen LogP contribution < -0.4 is 10.1 Å². The summed E-state index contributed by atoms with van der Waals surface area (Å²) in [5, 5.41) is 2.81. The first-order valence-corrected chi connectivity index (χ1v) is 12.8. The molecule has 0 atom stereocenters. The summed E-state index contributed by atoms with van der Waals surface area (Å²) in [4.78, 5) is 13.6. The van der Waals surface area contributed by atoms with Gasteiger partial charge in [0.15, 0.2) is 0 Å². The smallest absolute Gasteiger partial charge is 0.246 e. The van der Waals surface area contributed by atoms with Crippen molar-refractivity contribution in [2.24, 2.45) is 0 Å². The predicted octanol–water partition coefficient (Wildman–Crippen LogP) is 3.62. The lowest BCUT2D eigenvalue weighted by Gasteiger charge is -2.27. The third-order valence-electron chi connectivity index (χ3n) is 4.68. The molecule has 1 fully saturated rings. The van der Waals surface area contributed by atoms with Gasteiger partial charge in [-0.1, -0.05) is 18.2 Å². The van der Waals surface area contributed by atoms with Gasteiger partial charge in [0.1, 0.15) is 10.6 Å². The number of amides is 1. The summed E-state index contributed by atoms with van der Waals surface area (Å²) in [5.74, 6) is 0.968. The summed E-state index contributed by atoms with van der Waals surface area (Å²) >= 11 is 1.71. The van der Waals surface area contributed by atoms with Gasteiger partial charge in [0.25, 0.3) is 0 Å². The van der Waals surface area contributed by atoms with Crippen molar-refractivity contribution in [1.29, 1.82) is 0 Å². The van der Waals surface area contributed by atoms with Gasteiger partial charge in [-0.2, -0.15) is 4.31 Å². The van der Waals surface area contributed by atoms with Crippen molar-refractivity contribution in [3.63, 3.8) is 0 Å². The lowest BCUT2D eigenvalue weighted by molar-refractivity contribution is -0.116. The van der Waals surface area contributed by atoms with Crippen molar-refractivity contribution < 1.29 is 22.7 Å². The number of hydrogen-bond donors (Lipinski definition) is 1. The van der Waals surface area contributed by atoms with Gasteiger partial charge < -0.3 is 14.8 Å². The Morgan fingerprint density at radius 3 is 2.61 bits per heavy atom. The molecular weight excluding hydrogens is 436 g/mol. The van der Waals surface area contributed by atoms with Crippen LogP contribution in [0.1, 0.15) is 19.8 Å². The molecule has 168 valence electrons. The lowest BCUT2D eigenvalue weighted by atomic mass is 10.2. The molecule has 0 saturated carbocycles. The number of morpholine rings is 1. The molecule has 3 rings (SSSR count). The number of nitrogens with zero attached hydrogens (tertiary/aromatic N) is 1. The molecular formula is C22H28N2O5S2. The van der Waals surface area contributed by atoms with Gasteiger partial charge in [0.2, 0.25) is 15.9 Å².